The second-order valence-corrected chi connectivity index (χ2v) is 3.84. The molecule has 2 heterocycles. The molecule has 2 rings (SSSR count). The predicted octanol–water partition coefficient (Wildman–Crippen LogP) is 2.00. The lowest BCUT2D eigenvalue weighted by Gasteiger charge is -2.07. The quantitative estimate of drug-likeness (QED) is 0.748. The lowest BCUT2D eigenvalue weighted by atomic mass is 10.2. The number of hydrogen-bond donors (Lipinski definition) is 0. The molecule has 0 aliphatic carbocycles. The van der Waals surface area contributed by atoms with Crippen molar-refractivity contribution in [1.29, 1.82) is 0 Å². The molecule has 0 radical (unpaired) electrons. The van der Waals surface area contributed by atoms with Crippen LogP contribution in [0.5, 0.6) is 0 Å². The van der Waals surface area contributed by atoms with Crippen LogP contribution < -0.4 is 0 Å². The summed E-state index contributed by atoms with van der Waals surface area (Å²) >= 11 is 0. The molecule has 0 aromatic carbocycles. The average molecular weight is 202 g/mol. The Hall–Kier alpha value is -1.71. The molecule has 2 aromatic rings. The van der Waals surface area contributed by atoms with E-state index in [4.69, 9.17) is 0 Å². The molecule has 0 amide bonds. The molecule has 15 heavy (non-hydrogen) atoms. The second-order valence-electron chi connectivity index (χ2n) is 3.84. The molecule has 0 fully saturated rings. The van der Waals surface area contributed by atoms with Crippen LogP contribution in [0.1, 0.15) is 25.6 Å². The number of aromatic nitrogens is 4. The largest absolute Gasteiger partial charge is 0.331 e. The molecule has 0 N–H and O–H groups in total. The van der Waals surface area contributed by atoms with Crippen molar-refractivity contribution in [2.45, 2.75) is 19.8 Å². The predicted molar refractivity (Wildman–Crippen MR) is 58.3 cm³/mol. The number of nitrogens with zero attached hydrogens (tertiary/aromatic N) is 4. The highest BCUT2D eigenvalue weighted by Crippen LogP contribution is 2.21. The van der Waals surface area contributed by atoms with Gasteiger partial charge in [-0.05, 0) is 0 Å². The first kappa shape index (κ1) is 9.83. The molecule has 0 bridgehead atoms. The highest BCUT2D eigenvalue weighted by molar-refractivity contribution is 5.56. The zero-order valence-corrected chi connectivity index (χ0v) is 9.18. The van der Waals surface area contributed by atoms with Gasteiger partial charge in [0.25, 0.3) is 0 Å². The minimum absolute atomic E-state index is 0.424. The van der Waals surface area contributed by atoms with Gasteiger partial charge in [-0.1, -0.05) is 13.8 Å². The van der Waals surface area contributed by atoms with Crippen molar-refractivity contribution in [2.24, 2.45) is 7.05 Å². The lowest BCUT2D eigenvalue weighted by Crippen LogP contribution is -2.01. The zero-order valence-electron chi connectivity index (χ0n) is 9.18. The van der Waals surface area contributed by atoms with Gasteiger partial charge in [-0.25, -0.2) is 15.0 Å². The maximum absolute atomic E-state index is 4.40. The Morgan fingerprint density at radius 3 is 2.33 bits per heavy atom. The minimum Gasteiger partial charge on any atom is -0.331 e. The van der Waals surface area contributed by atoms with Gasteiger partial charge >= 0.3 is 0 Å². The van der Waals surface area contributed by atoms with E-state index in [2.05, 4.69) is 33.4 Å². The Balaban J connectivity index is 2.47. The summed E-state index contributed by atoms with van der Waals surface area (Å²) in [5.41, 5.74) is 2.05. The highest BCUT2D eigenvalue weighted by Gasteiger charge is 2.10. The summed E-state index contributed by atoms with van der Waals surface area (Å²) in [7, 11) is 2.02. The number of rotatable bonds is 2. The minimum atomic E-state index is 0.424. The van der Waals surface area contributed by atoms with Crippen LogP contribution in [0.3, 0.4) is 0 Å². The summed E-state index contributed by atoms with van der Waals surface area (Å²) in [5.74, 6) is 1.50. The highest BCUT2D eigenvalue weighted by atomic mass is 15.1. The second kappa shape index (κ2) is 3.81. The SMILES string of the molecule is CC(C)c1ncc(-c2cncnc2)n1C. The fourth-order valence-electron chi connectivity index (χ4n) is 1.66. The Bertz CT molecular complexity index is 445. The van der Waals surface area contributed by atoms with E-state index >= 15 is 0 Å². The first-order valence-electron chi connectivity index (χ1n) is 4.97. The van der Waals surface area contributed by atoms with Gasteiger partial charge in [0.15, 0.2) is 0 Å². The van der Waals surface area contributed by atoms with Crippen LogP contribution in [0, 0.1) is 0 Å². The smallest absolute Gasteiger partial charge is 0.115 e. The van der Waals surface area contributed by atoms with Gasteiger partial charge < -0.3 is 4.57 Å². The molecule has 0 unspecified atom stereocenters. The van der Waals surface area contributed by atoms with Crippen LogP contribution in [-0.4, -0.2) is 19.5 Å². The van der Waals surface area contributed by atoms with Crippen LogP contribution in [0.15, 0.2) is 24.9 Å². The topological polar surface area (TPSA) is 43.6 Å². The van der Waals surface area contributed by atoms with Crippen LogP contribution in [0.25, 0.3) is 11.3 Å². The lowest BCUT2D eigenvalue weighted by molar-refractivity contribution is 0.714. The van der Waals surface area contributed by atoms with Crippen molar-refractivity contribution in [3.8, 4) is 11.3 Å². The van der Waals surface area contributed by atoms with E-state index in [1.807, 2.05) is 13.2 Å². The van der Waals surface area contributed by atoms with Crippen molar-refractivity contribution in [1.82, 2.24) is 19.5 Å². The third kappa shape index (κ3) is 1.75. The van der Waals surface area contributed by atoms with E-state index in [-0.39, 0.29) is 0 Å². The van der Waals surface area contributed by atoms with Gasteiger partial charge in [0.1, 0.15) is 12.2 Å². The van der Waals surface area contributed by atoms with E-state index in [1.165, 1.54) is 6.33 Å². The van der Waals surface area contributed by atoms with E-state index in [9.17, 15) is 0 Å². The van der Waals surface area contributed by atoms with Crippen molar-refractivity contribution in [2.75, 3.05) is 0 Å². The molecule has 0 atom stereocenters. The standard InChI is InChI=1S/C11H14N4/c1-8(2)11-14-6-10(15(11)3)9-4-12-7-13-5-9/h4-8H,1-3H3. The Labute approximate surface area is 89.0 Å². The molecular weight excluding hydrogens is 188 g/mol. The maximum atomic E-state index is 4.40. The van der Waals surface area contributed by atoms with Gasteiger partial charge in [-0.15, -0.1) is 0 Å². The zero-order chi connectivity index (χ0) is 10.8. The Morgan fingerprint density at radius 1 is 1.13 bits per heavy atom. The van der Waals surface area contributed by atoms with Crippen molar-refractivity contribution >= 4 is 0 Å². The van der Waals surface area contributed by atoms with Gasteiger partial charge in [0, 0.05) is 30.9 Å². The molecule has 0 aliphatic rings. The molecule has 0 spiro atoms. The van der Waals surface area contributed by atoms with Crippen LogP contribution in [-0.2, 0) is 7.05 Å². The van der Waals surface area contributed by atoms with Crippen molar-refractivity contribution in [3.05, 3.63) is 30.7 Å². The average Bonchev–Trinajstić information content (AvgIpc) is 2.61. The fraction of sp³-hybridized carbons (Fsp3) is 0.364. The van der Waals surface area contributed by atoms with E-state index in [1.54, 1.807) is 12.4 Å². The molecule has 0 aliphatic heterocycles. The molecule has 0 saturated carbocycles. The summed E-state index contributed by atoms with van der Waals surface area (Å²) in [6.45, 7) is 4.27. The number of imidazole rings is 1. The molecule has 4 nitrogen and oxygen atoms in total. The third-order valence-corrected chi connectivity index (χ3v) is 2.40. The summed E-state index contributed by atoms with van der Waals surface area (Å²) in [4.78, 5) is 12.4. The normalized spacial score (nSPS) is 10.9. The fourth-order valence-corrected chi connectivity index (χ4v) is 1.66. The summed E-state index contributed by atoms with van der Waals surface area (Å²) < 4.78 is 2.09. The molecule has 4 heteroatoms. The first-order valence-corrected chi connectivity index (χ1v) is 4.97. The number of hydrogen-bond acceptors (Lipinski definition) is 3. The van der Waals surface area contributed by atoms with E-state index < -0.39 is 0 Å². The third-order valence-electron chi connectivity index (χ3n) is 2.40. The van der Waals surface area contributed by atoms with Crippen LogP contribution in [0.4, 0.5) is 0 Å². The molecular formula is C11H14N4. The van der Waals surface area contributed by atoms with E-state index in [0.29, 0.717) is 5.92 Å². The summed E-state index contributed by atoms with van der Waals surface area (Å²) in [6.07, 6.45) is 7.00. The molecule has 78 valence electrons. The van der Waals surface area contributed by atoms with Gasteiger partial charge in [-0.2, -0.15) is 0 Å². The van der Waals surface area contributed by atoms with Gasteiger partial charge in [0.05, 0.1) is 11.9 Å². The summed E-state index contributed by atoms with van der Waals surface area (Å²) in [6, 6.07) is 0. The summed E-state index contributed by atoms with van der Waals surface area (Å²) in [5, 5.41) is 0. The monoisotopic (exact) mass is 202 g/mol. The Morgan fingerprint density at radius 2 is 1.80 bits per heavy atom. The van der Waals surface area contributed by atoms with Crippen LogP contribution >= 0.6 is 0 Å². The molecule has 0 saturated heterocycles. The van der Waals surface area contributed by atoms with Gasteiger partial charge in [0.2, 0.25) is 0 Å². The van der Waals surface area contributed by atoms with E-state index in [0.717, 1.165) is 17.1 Å². The van der Waals surface area contributed by atoms with Gasteiger partial charge in [-0.3, -0.25) is 0 Å². The van der Waals surface area contributed by atoms with Crippen LogP contribution in [0.2, 0.25) is 0 Å². The molecule has 2 aromatic heterocycles. The van der Waals surface area contributed by atoms with Crippen molar-refractivity contribution < 1.29 is 0 Å². The Kier molecular flexibility index (Phi) is 2.49. The maximum Gasteiger partial charge on any atom is 0.115 e. The van der Waals surface area contributed by atoms with Crippen molar-refractivity contribution in [3.63, 3.8) is 0 Å². The first-order chi connectivity index (χ1) is 7.20.